The smallest absolute Gasteiger partial charge is 0.445 e. The summed E-state index contributed by atoms with van der Waals surface area (Å²) < 4.78 is 73.1. The molecule has 10 amide bonds. The van der Waals surface area contributed by atoms with E-state index in [1.54, 1.807) is 97.6 Å². The minimum atomic E-state index is -5.03. The van der Waals surface area contributed by atoms with E-state index in [1.165, 1.54) is 47.1 Å². The molecule has 0 fully saturated rings. The summed E-state index contributed by atoms with van der Waals surface area (Å²) in [4.78, 5) is 161. The molecule has 0 saturated carbocycles. The number of phosphoric acid groups is 1. The summed E-state index contributed by atoms with van der Waals surface area (Å²) in [5.41, 5.74) is 8.47. The molecule has 118 heavy (non-hydrogen) atoms. The first kappa shape index (κ1) is 94.3. The number of hydrogen-bond acceptors (Lipinski definition) is 23. The number of amides is 10. The fourth-order valence-corrected chi connectivity index (χ4v) is 15.3. The van der Waals surface area contributed by atoms with Gasteiger partial charge in [0.15, 0.2) is 5.78 Å². The summed E-state index contributed by atoms with van der Waals surface area (Å²) in [7, 11) is -2.08. The molecule has 0 bridgehead atoms. The number of imide groups is 1. The zero-order valence-electron chi connectivity index (χ0n) is 65.6. The van der Waals surface area contributed by atoms with Crippen LogP contribution in [0.2, 0.25) is 0 Å². The van der Waals surface area contributed by atoms with E-state index in [2.05, 4.69) is 16.0 Å². The molecule has 3 aliphatic rings. The largest absolute Gasteiger partial charge is 0.524 e. The number of ketones is 1. The zero-order valence-corrected chi connectivity index (χ0v) is 68.8. The maximum atomic E-state index is 14.9. The number of methoxy groups -OCH3 is 2. The van der Waals surface area contributed by atoms with Crippen LogP contribution in [-0.4, -0.2) is 261 Å². The van der Waals surface area contributed by atoms with Crippen LogP contribution in [0.5, 0.6) is 11.5 Å². The standard InChI is InChI=1S/C80H100Cl2N9O24PS.CH4/c1-52(2)74(86-69(93)23-30-107-34-36-109-38-40-111-42-43-112-41-39-110-37-35-108-33-29-89-70(94)21-22-71(89)95)64(92)44-54(10-9-24-84-78(83)99)75(96)85-57-17-15-53(16-18-57)51-113-79(100)87(27-31-105-3)25-26-88(28-32-106-4)80(101)114-65-45-62-72(60-13-7-5-11-58(60)65)55(47-81)49-90(62)76(97)67-19-20-68(117-67)77(98)91-50-56(48-82)73-61-14-8-6-12-59(61)66(46-63(73)91)115-116(102,103)104;/h5-8,11-22,45-46,52,54-56,74H,9-10,23-44,47-51H2,1-4H3,(H,85,96)(H,86,93)(H3,83,84,99)(H2,102,103,104);1H4/t54-,55-,56-,74+;/m1./s1. The van der Waals surface area contributed by atoms with E-state index in [1.807, 2.05) is 12.1 Å². The van der Waals surface area contributed by atoms with Gasteiger partial charge in [0, 0.05) is 143 Å². The second-order valence-corrected chi connectivity index (χ2v) is 30.6. The maximum Gasteiger partial charge on any atom is 0.524 e. The Balaban J connectivity index is 0.0000174. The van der Waals surface area contributed by atoms with E-state index in [0.717, 1.165) is 21.8 Å². The van der Waals surface area contributed by atoms with Crippen molar-refractivity contribution in [2.45, 2.75) is 71.4 Å². The third kappa shape index (κ3) is 27.1. The number of fused-ring (bicyclic) bond motifs is 6. The van der Waals surface area contributed by atoms with E-state index in [9.17, 15) is 62.3 Å². The van der Waals surface area contributed by atoms with Crippen LogP contribution in [0.3, 0.4) is 0 Å². The first-order chi connectivity index (χ1) is 56.4. The van der Waals surface area contributed by atoms with Crippen molar-refractivity contribution in [2.75, 3.05) is 186 Å². The highest BCUT2D eigenvalue weighted by Gasteiger charge is 2.40. The lowest BCUT2D eigenvalue weighted by atomic mass is 9.89. The molecule has 642 valence electrons. The quantitative estimate of drug-likeness (QED) is 0.00895. The van der Waals surface area contributed by atoms with Crippen molar-refractivity contribution in [3.05, 3.63) is 136 Å². The molecule has 37 heteroatoms. The Morgan fingerprint density at radius 2 is 1.09 bits per heavy atom. The van der Waals surface area contributed by atoms with Crippen molar-refractivity contribution < 1.29 is 114 Å². The lowest BCUT2D eigenvalue weighted by Crippen LogP contribution is -2.45. The number of nitrogens with one attached hydrogen (secondary N) is 3. The molecule has 4 atom stereocenters. The fraction of sp³-hybridized carbons (Fsp3) is 0.481. The van der Waals surface area contributed by atoms with Crippen LogP contribution in [0.1, 0.15) is 94.8 Å². The number of benzene rings is 5. The van der Waals surface area contributed by atoms with E-state index in [4.69, 9.17) is 80.8 Å². The topological polar surface area (TPSA) is 408 Å². The molecule has 0 radical (unpaired) electrons. The van der Waals surface area contributed by atoms with Gasteiger partial charge in [-0.1, -0.05) is 81.9 Å². The minimum absolute atomic E-state index is 0. The van der Waals surface area contributed by atoms with Crippen LogP contribution in [-0.2, 0) is 77.8 Å². The second kappa shape index (κ2) is 47.5. The molecule has 7 N–H and O–H groups in total. The third-order valence-electron chi connectivity index (χ3n) is 19.3. The second-order valence-electron chi connectivity index (χ2n) is 27.7. The van der Waals surface area contributed by atoms with Crippen LogP contribution >= 0.6 is 42.4 Å². The number of carbonyl (C=O) groups excluding carboxylic acids is 10. The Bertz CT molecular complexity index is 4480. The number of ether oxygens (including phenoxy) is 10. The zero-order chi connectivity index (χ0) is 84.0. The number of nitrogens with two attached hydrogens (primary N) is 1. The number of primary amides is 1. The van der Waals surface area contributed by atoms with Crippen LogP contribution in [0.15, 0.2) is 109 Å². The predicted molar refractivity (Wildman–Crippen MR) is 442 cm³/mol. The lowest BCUT2D eigenvalue weighted by molar-refractivity contribution is -0.137. The van der Waals surface area contributed by atoms with Gasteiger partial charge in [0.25, 0.3) is 23.6 Å². The van der Waals surface area contributed by atoms with E-state index in [-0.39, 0.29) is 194 Å². The average molecular weight is 1720 g/mol. The maximum absolute atomic E-state index is 14.9. The van der Waals surface area contributed by atoms with Crippen LogP contribution < -0.4 is 40.7 Å². The Morgan fingerprint density at radius 3 is 1.58 bits per heavy atom. The van der Waals surface area contributed by atoms with E-state index in [0.29, 0.717) is 109 Å². The van der Waals surface area contributed by atoms with Gasteiger partial charge < -0.3 is 93.2 Å². The van der Waals surface area contributed by atoms with Gasteiger partial charge in [0.1, 0.15) is 18.1 Å². The molecule has 1 aromatic heterocycles. The number of thiophene rings is 1. The number of halogens is 2. The van der Waals surface area contributed by atoms with Crippen molar-refractivity contribution in [2.24, 2.45) is 17.6 Å². The van der Waals surface area contributed by atoms with E-state index < -0.39 is 61.6 Å². The van der Waals surface area contributed by atoms with Gasteiger partial charge >= 0.3 is 26.0 Å². The highest BCUT2D eigenvalue weighted by Crippen LogP contribution is 2.51. The molecular weight excluding hydrogens is 1620 g/mol. The number of phosphoric ester groups is 1. The monoisotopic (exact) mass is 1720 g/mol. The number of nitrogens with zero attached hydrogens (tertiary/aromatic N) is 5. The van der Waals surface area contributed by atoms with Gasteiger partial charge in [-0.25, -0.2) is 18.9 Å². The number of carbonyl (C=O) groups is 10. The van der Waals surface area contributed by atoms with Crippen LogP contribution in [0, 0.1) is 11.8 Å². The van der Waals surface area contributed by atoms with Crippen LogP contribution in [0.4, 0.5) is 31.4 Å². The summed E-state index contributed by atoms with van der Waals surface area (Å²) in [5, 5.41) is 10.5. The Hall–Kier alpha value is -9.23. The van der Waals surface area contributed by atoms with Gasteiger partial charge in [-0.2, -0.15) is 0 Å². The normalized spacial score (nSPS) is 14.8. The molecule has 6 aromatic rings. The summed E-state index contributed by atoms with van der Waals surface area (Å²) >= 11 is 14.2. The Kier molecular flexibility index (Phi) is 38.0. The van der Waals surface area contributed by atoms with Gasteiger partial charge in [0.05, 0.1) is 126 Å². The lowest BCUT2D eigenvalue weighted by Gasteiger charge is -2.27. The van der Waals surface area contributed by atoms with Gasteiger partial charge in [-0.15, -0.1) is 34.5 Å². The highest BCUT2D eigenvalue weighted by atomic mass is 35.5. The molecule has 0 saturated heterocycles. The van der Waals surface area contributed by atoms with Crippen molar-refractivity contribution >= 4 is 140 Å². The van der Waals surface area contributed by atoms with Crippen molar-refractivity contribution in [3.8, 4) is 11.5 Å². The summed E-state index contributed by atoms with van der Waals surface area (Å²) in [6, 6.07) is 25.1. The molecule has 3 aliphatic heterocycles. The van der Waals surface area contributed by atoms with Gasteiger partial charge in [0.2, 0.25) is 11.8 Å². The van der Waals surface area contributed by atoms with Gasteiger partial charge in [-0.05, 0) is 70.5 Å². The molecule has 0 aliphatic carbocycles. The number of anilines is 3. The predicted octanol–water partition coefficient (Wildman–Crippen LogP) is 9.38. The van der Waals surface area contributed by atoms with E-state index >= 15 is 0 Å². The summed E-state index contributed by atoms with van der Waals surface area (Å²) in [6.07, 6.45) is 1.12. The van der Waals surface area contributed by atoms with Crippen molar-refractivity contribution in [1.29, 1.82) is 0 Å². The highest BCUT2D eigenvalue weighted by molar-refractivity contribution is 7.46. The van der Waals surface area contributed by atoms with Gasteiger partial charge in [-0.3, -0.25) is 48.2 Å². The molecule has 4 heterocycles. The number of Topliss-reactive ketones (excluding diaryl/α,β-unsaturated/α-hetero) is 1. The third-order valence-corrected chi connectivity index (χ3v) is 21.5. The van der Waals surface area contributed by atoms with Crippen molar-refractivity contribution in [3.63, 3.8) is 0 Å². The molecule has 0 spiro atoms. The summed E-state index contributed by atoms with van der Waals surface area (Å²) in [5.74, 6) is -4.59. The van der Waals surface area contributed by atoms with Crippen molar-refractivity contribution in [1.82, 2.24) is 25.3 Å². The molecule has 5 aromatic carbocycles. The molecule has 33 nitrogen and oxygen atoms in total. The number of alkyl halides is 2. The molecule has 0 unspecified atom stereocenters. The number of hydrogen-bond donors (Lipinski definition) is 6. The number of rotatable bonds is 50. The molecular formula is C81H104Cl2N9O24PS. The number of urea groups is 1. The minimum Gasteiger partial charge on any atom is -0.445 e. The first-order valence-electron chi connectivity index (χ1n) is 38.3. The fourth-order valence-electron chi connectivity index (χ4n) is 13.4. The summed E-state index contributed by atoms with van der Waals surface area (Å²) in [6.45, 7) is 7.62. The Labute approximate surface area is 698 Å². The van der Waals surface area contributed by atoms with Crippen LogP contribution in [0.25, 0.3) is 21.5 Å². The SMILES string of the molecule is C.COCCN(CCN(CCOC)C(=O)Oc1cc2c(c3ccccc13)[C@H](CCl)CN2C(=O)c1ccc(C(=O)N2C[C@@H](CCl)c3c2cc(OP(=O)(O)O)c2ccccc32)s1)C(=O)OCc1ccc(NC(=O)[C@H](CCCNC(N)=O)CC(=O)[C@@H](NC(=O)CCOCCOCCOCCOCCOCCOCCN2C(=O)C=CC2=O)C(C)C)cc1. The average Bonchev–Trinajstić information content (AvgIpc) is 1.52. The molecule has 9 rings (SSSR count). The first-order valence-corrected chi connectivity index (χ1v) is 41.7. The Morgan fingerprint density at radius 1 is 0.619 bits per heavy atom.